The van der Waals surface area contributed by atoms with Gasteiger partial charge in [-0.05, 0) is 29.7 Å². The highest BCUT2D eigenvalue weighted by Gasteiger charge is 2.23. The molecule has 0 saturated heterocycles. The SMILES string of the molecule is c1ccc(-c2nc(-c3ccccc3)c3oc4cc5c6ccccc6n(-c6nc(-c7ccccc7)c7ccc8ccccc8c7n6)c5cc4c3n2)cc1. The summed E-state index contributed by atoms with van der Waals surface area (Å²) < 4.78 is 8.91. The van der Waals surface area contributed by atoms with Crippen molar-refractivity contribution in [3.63, 3.8) is 0 Å². The van der Waals surface area contributed by atoms with Crippen molar-refractivity contribution in [3.8, 4) is 39.9 Å². The van der Waals surface area contributed by atoms with Crippen LogP contribution in [-0.2, 0) is 0 Å². The molecule has 0 aliphatic rings. The van der Waals surface area contributed by atoms with Gasteiger partial charge in [-0.3, -0.25) is 4.57 Å². The first-order valence-electron chi connectivity index (χ1n) is 17.3. The van der Waals surface area contributed by atoms with Crippen LogP contribution in [0.25, 0.3) is 105 Å². The van der Waals surface area contributed by atoms with Gasteiger partial charge in [0.2, 0.25) is 5.95 Å². The van der Waals surface area contributed by atoms with Crippen LogP contribution in [0.2, 0.25) is 0 Å². The van der Waals surface area contributed by atoms with Gasteiger partial charge in [-0.2, -0.15) is 0 Å². The molecule has 0 radical (unpaired) electrons. The highest BCUT2D eigenvalue weighted by atomic mass is 16.3. The van der Waals surface area contributed by atoms with Crippen molar-refractivity contribution in [2.45, 2.75) is 0 Å². The minimum absolute atomic E-state index is 0.602. The van der Waals surface area contributed by atoms with E-state index in [1.165, 1.54) is 0 Å². The Morgan fingerprint density at radius 1 is 0.404 bits per heavy atom. The highest BCUT2D eigenvalue weighted by Crippen LogP contribution is 2.41. The molecule has 0 saturated carbocycles. The zero-order valence-corrected chi connectivity index (χ0v) is 27.7. The number of fused-ring (bicyclic) bond motifs is 9. The quantitative estimate of drug-likeness (QED) is 0.175. The van der Waals surface area contributed by atoms with E-state index in [0.29, 0.717) is 17.4 Å². The van der Waals surface area contributed by atoms with Crippen molar-refractivity contribution < 1.29 is 4.42 Å². The number of hydrogen-bond donors (Lipinski definition) is 0. The van der Waals surface area contributed by atoms with Crippen LogP contribution in [0.4, 0.5) is 0 Å². The fourth-order valence-electron chi connectivity index (χ4n) is 7.60. The number of rotatable bonds is 4. The molecule has 242 valence electrons. The van der Waals surface area contributed by atoms with Crippen LogP contribution in [0.1, 0.15) is 0 Å². The summed E-state index contributed by atoms with van der Waals surface area (Å²) in [5.74, 6) is 1.25. The van der Waals surface area contributed by atoms with E-state index in [9.17, 15) is 0 Å². The Labute approximate surface area is 297 Å². The molecule has 6 heteroatoms. The van der Waals surface area contributed by atoms with Gasteiger partial charge in [0, 0.05) is 43.6 Å². The van der Waals surface area contributed by atoms with Crippen molar-refractivity contribution in [2.24, 2.45) is 0 Å². The van der Waals surface area contributed by atoms with Crippen LogP contribution in [-0.4, -0.2) is 24.5 Å². The average molecular weight is 666 g/mol. The van der Waals surface area contributed by atoms with Crippen LogP contribution in [0, 0.1) is 0 Å². The number of furan rings is 1. The molecule has 52 heavy (non-hydrogen) atoms. The summed E-state index contributed by atoms with van der Waals surface area (Å²) in [5.41, 5.74) is 9.65. The maximum Gasteiger partial charge on any atom is 0.235 e. The molecule has 6 nitrogen and oxygen atoms in total. The predicted octanol–water partition coefficient (Wildman–Crippen LogP) is 11.6. The lowest BCUT2D eigenvalue weighted by atomic mass is 10.0. The number of benzene rings is 7. The van der Waals surface area contributed by atoms with Gasteiger partial charge in [-0.15, -0.1) is 0 Å². The second kappa shape index (κ2) is 11.2. The molecule has 0 fully saturated rings. The van der Waals surface area contributed by atoms with Gasteiger partial charge >= 0.3 is 0 Å². The predicted molar refractivity (Wildman–Crippen MR) is 211 cm³/mol. The minimum Gasteiger partial charge on any atom is -0.452 e. The molecule has 0 N–H and O–H groups in total. The van der Waals surface area contributed by atoms with Gasteiger partial charge in [0.25, 0.3) is 0 Å². The first-order chi connectivity index (χ1) is 25.8. The van der Waals surface area contributed by atoms with Crippen molar-refractivity contribution in [3.05, 3.63) is 164 Å². The Bertz CT molecular complexity index is 3170. The lowest BCUT2D eigenvalue weighted by molar-refractivity contribution is 0.668. The molecular formula is C46H27N5O. The molecule has 7 aromatic carbocycles. The topological polar surface area (TPSA) is 69.6 Å². The van der Waals surface area contributed by atoms with Gasteiger partial charge in [0.1, 0.15) is 16.8 Å². The molecule has 11 aromatic rings. The highest BCUT2D eigenvalue weighted by molar-refractivity contribution is 6.18. The third kappa shape index (κ3) is 4.31. The third-order valence-electron chi connectivity index (χ3n) is 10.0. The molecule has 0 aliphatic carbocycles. The van der Waals surface area contributed by atoms with E-state index in [4.69, 9.17) is 24.4 Å². The first-order valence-corrected chi connectivity index (χ1v) is 17.3. The standard InChI is InChI=1S/C46H27N5O/c1-4-15-29(16-5-1)40-34-25-24-28-14-10-11-21-32(28)42(34)50-46(49-40)51-37-23-13-12-22-33(37)35-27-39-36(26-38(35)51)43-44(52-39)41(30-17-6-2-7-18-30)47-45(48-43)31-19-8-3-9-20-31/h1-27H. The second-order valence-corrected chi connectivity index (χ2v) is 13.0. The van der Waals surface area contributed by atoms with E-state index >= 15 is 0 Å². The summed E-state index contributed by atoms with van der Waals surface area (Å²) in [6.45, 7) is 0. The van der Waals surface area contributed by atoms with Gasteiger partial charge in [0.15, 0.2) is 11.4 Å². The van der Waals surface area contributed by atoms with Gasteiger partial charge in [-0.1, -0.05) is 140 Å². The monoisotopic (exact) mass is 665 g/mol. The Balaban J connectivity index is 1.26. The molecular weight excluding hydrogens is 639 g/mol. The van der Waals surface area contributed by atoms with E-state index in [-0.39, 0.29) is 0 Å². The lowest BCUT2D eigenvalue weighted by Gasteiger charge is -2.13. The fourth-order valence-corrected chi connectivity index (χ4v) is 7.60. The third-order valence-corrected chi connectivity index (χ3v) is 10.0. The first kappa shape index (κ1) is 28.6. The second-order valence-electron chi connectivity index (χ2n) is 13.0. The summed E-state index contributed by atoms with van der Waals surface area (Å²) in [6.07, 6.45) is 0. The Kier molecular flexibility index (Phi) is 6.15. The zero-order valence-electron chi connectivity index (χ0n) is 27.7. The van der Waals surface area contributed by atoms with Gasteiger partial charge in [-0.25, -0.2) is 19.9 Å². The van der Waals surface area contributed by atoms with Crippen LogP contribution in [0.5, 0.6) is 0 Å². The van der Waals surface area contributed by atoms with E-state index in [1.807, 2.05) is 54.6 Å². The molecule has 11 rings (SSSR count). The molecule has 0 unspecified atom stereocenters. The summed E-state index contributed by atoms with van der Waals surface area (Å²) in [5, 5.41) is 6.26. The molecule has 0 bridgehead atoms. The Hall–Kier alpha value is -7.18. The van der Waals surface area contributed by atoms with Crippen LogP contribution >= 0.6 is 0 Å². The number of aromatic nitrogens is 5. The van der Waals surface area contributed by atoms with Crippen molar-refractivity contribution in [1.29, 1.82) is 0 Å². The molecule has 0 spiro atoms. The largest absolute Gasteiger partial charge is 0.452 e. The summed E-state index contributed by atoms with van der Waals surface area (Å²) >= 11 is 0. The molecule has 4 aromatic heterocycles. The molecule has 0 amide bonds. The average Bonchev–Trinajstić information content (AvgIpc) is 3.75. The Morgan fingerprint density at radius 2 is 1.06 bits per heavy atom. The van der Waals surface area contributed by atoms with E-state index in [1.54, 1.807) is 0 Å². The van der Waals surface area contributed by atoms with E-state index in [0.717, 1.165) is 88.0 Å². The summed E-state index contributed by atoms with van der Waals surface area (Å²) in [6, 6.07) is 56.1. The normalized spacial score (nSPS) is 11.8. The summed E-state index contributed by atoms with van der Waals surface area (Å²) in [7, 11) is 0. The molecule has 0 aliphatic heterocycles. The zero-order chi connectivity index (χ0) is 34.2. The smallest absolute Gasteiger partial charge is 0.235 e. The molecule has 4 heterocycles. The van der Waals surface area contributed by atoms with Gasteiger partial charge < -0.3 is 4.42 Å². The molecule has 0 atom stereocenters. The number of hydrogen-bond acceptors (Lipinski definition) is 5. The van der Waals surface area contributed by atoms with Gasteiger partial charge in [0.05, 0.1) is 22.2 Å². The maximum absolute atomic E-state index is 6.72. The van der Waals surface area contributed by atoms with Crippen molar-refractivity contribution in [1.82, 2.24) is 24.5 Å². The van der Waals surface area contributed by atoms with Crippen molar-refractivity contribution >= 4 is 65.6 Å². The minimum atomic E-state index is 0.602. The van der Waals surface area contributed by atoms with Crippen LogP contribution in [0.15, 0.2) is 168 Å². The van der Waals surface area contributed by atoms with Crippen molar-refractivity contribution in [2.75, 3.05) is 0 Å². The lowest BCUT2D eigenvalue weighted by Crippen LogP contribution is -2.03. The van der Waals surface area contributed by atoms with E-state index in [2.05, 4.69) is 114 Å². The number of nitrogens with zero attached hydrogens (tertiary/aromatic N) is 5. The summed E-state index contributed by atoms with van der Waals surface area (Å²) in [4.78, 5) is 21.0. The fraction of sp³-hybridized carbons (Fsp3) is 0. The van der Waals surface area contributed by atoms with E-state index < -0.39 is 0 Å². The Morgan fingerprint density at radius 3 is 1.83 bits per heavy atom. The van der Waals surface area contributed by atoms with Crippen LogP contribution < -0.4 is 0 Å². The number of para-hydroxylation sites is 1. The van der Waals surface area contributed by atoms with Crippen LogP contribution in [0.3, 0.4) is 0 Å². The maximum atomic E-state index is 6.72.